The van der Waals surface area contributed by atoms with Crippen molar-refractivity contribution in [1.82, 2.24) is 0 Å². The monoisotopic (exact) mass is 220 g/mol. The molecule has 16 heavy (non-hydrogen) atoms. The molecule has 3 N–H and O–H groups in total. The van der Waals surface area contributed by atoms with Crippen LogP contribution in [-0.2, 0) is 4.79 Å². The summed E-state index contributed by atoms with van der Waals surface area (Å²) in [5.41, 5.74) is 7.69. The Bertz CT molecular complexity index is 350. The molecule has 3 heteroatoms. The molecule has 3 nitrogen and oxygen atoms in total. The summed E-state index contributed by atoms with van der Waals surface area (Å²) in [6.45, 7) is 4.05. The Kier molecular flexibility index (Phi) is 4.99. The minimum atomic E-state index is -0.403. The van der Waals surface area contributed by atoms with Crippen LogP contribution in [-0.4, -0.2) is 11.9 Å². The van der Waals surface area contributed by atoms with Gasteiger partial charge in [0.2, 0.25) is 5.91 Å². The molecule has 0 saturated heterocycles. The zero-order valence-electron chi connectivity index (χ0n) is 9.99. The molecule has 88 valence electrons. The number of carbonyl (C=O) groups excluding carboxylic acids is 1. The summed E-state index contributed by atoms with van der Waals surface area (Å²) in [5.74, 6) is -0.0947. The van der Waals surface area contributed by atoms with E-state index in [0.717, 1.165) is 30.5 Å². The van der Waals surface area contributed by atoms with Crippen molar-refractivity contribution >= 4 is 11.6 Å². The minimum absolute atomic E-state index is 0.0947. The third-order valence-corrected chi connectivity index (χ3v) is 2.61. The number of hydrogen-bond acceptors (Lipinski definition) is 2. The lowest BCUT2D eigenvalue weighted by Gasteiger charge is -2.13. The fourth-order valence-electron chi connectivity index (χ4n) is 1.49. The Hall–Kier alpha value is -1.35. The Morgan fingerprint density at radius 3 is 2.75 bits per heavy atom. The van der Waals surface area contributed by atoms with Gasteiger partial charge in [-0.1, -0.05) is 38.0 Å². The fourth-order valence-corrected chi connectivity index (χ4v) is 1.49. The molecule has 0 aliphatic carbocycles. The molecule has 1 unspecified atom stereocenters. The summed E-state index contributed by atoms with van der Waals surface area (Å²) in [4.78, 5) is 11.7. The number of nitrogens with one attached hydrogen (secondary N) is 1. The van der Waals surface area contributed by atoms with Crippen molar-refractivity contribution in [2.75, 3.05) is 5.32 Å². The summed E-state index contributed by atoms with van der Waals surface area (Å²) in [5, 5.41) is 2.85. The first kappa shape index (κ1) is 12.7. The van der Waals surface area contributed by atoms with Crippen LogP contribution >= 0.6 is 0 Å². The summed E-state index contributed by atoms with van der Waals surface area (Å²) in [6, 6.07) is 7.30. The average Bonchev–Trinajstić information content (AvgIpc) is 2.28. The van der Waals surface area contributed by atoms with Crippen molar-refractivity contribution in [1.29, 1.82) is 0 Å². The van der Waals surface area contributed by atoms with Crippen LogP contribution in [0.3, 0.4) is 0 Å². The lowest BCUT2D eigenvalue weighted by Crippen LogP contribution is -2.35. The van der Waals surface area contributed by atoms with E-state index in [1.807, 2.05) is 31.2 Å². The molecule has 1 aromatic rings. The Labute approximate surface area is 97.0 Å². The molecule has 1 rings (SSSR count). The Morgan fingerprint density at radius 2 is 2.12 bits per heavy atom. The van der Waals surface area contributed by atoms with Crippen LogP contribution in [0.4, 0.5) is 5.69 Å². The van der Waals surface area contributed by atoms with Gasteiger partial charge in [-0.25, -0.2) is 0 Å². The van der Waals surface area contributed by atoms with E-state index in [1.54, 1.807) is 0 Å². The highest BCUT2D eigenvalue weighted by atomic mass is 16.2. The molecular formula is C13H20N2O. The van der Waals surface area contributed by atoms with Gasteiger partial charge in [-0.3, -0.25) is 4.79 Å². The summed E-state index contributed by atoms with van der Waals surface area (Å²) < 4.78 is 0. The van der Waals surface area contributed by atoms with Gasteiger partial charge in [0.15, 0.2) is 0 Å². The lowest BCUT2D eigenvalue weighted by molar-refractivity contribution is -0.117. The van der Waals surface area contributed by atoms with Crippen LogP contribution in [0.2, 0.25) is 0 Å². The highest BCUT2D eigenvalue weighted by Gasteiger charge is 2.13. The molecule has 0 heterocycles. The van der Waals surface area contributed by atoms with Crippen molar-refractivity contribution in [3.05, 3.63) is 29.8 Å². The van der Waals surface area contributed by atoms with E-state index >= 15 is 0 Å². The molecule has 0 radical (unpaired) electrons. The van der Waals surface area contributed by atoms with E-state index in [-0.39, 0.29) is 5.91 Å². The van der Waals surface area contributed by atoms with E-state index in [2.05, 4.69) is 12.2 Å². The number of anilines is 1. The molecule has 1 aromatic carbocycles. The van der Waals surface area contributed by atoms with E-state index in [0.29, 0.717) is 0 Å². The molecule has 1 atom stereocenters. The predicted molar refractivity (Wildman–Crippen MR) is 67.3 cm³/mol. The number of unbranched alkanes of at least 4 members (excludes halogenated alkanes) is 1. The van der Waals surface area contributed by atoms with Gasteiger partial charge in [-0.15, -0.1) is 0 Å². The minimum Gasteiger partial charge on any atom is -0.324 e. The molecule has 1 amide bonds. The maximum atomic E-state index is 11.7. The first-order valence-corrected chi connectivity index (χ1v) is 5.77. The Morgan fingerprint density at radius 1 is 1.44 bits per heavy atom. The van der Waals surface area contributed by atoms with Crippen molar-refractivity contribution in [3.63, 3.8) is 0 Å². The largest absolute Gasteiger partial charge is 0.324 e. The van der Waals surface area contributed by atoms with Gasteiger partial charge in [0.05, 0.1) is 6.04 Å². The molecule has 0 aliphatic heterocycles. The molecule has 0 aliphatic rings. The first-order chi connectivity index (χ1) is 7.65. The van der Waals surface area contributed by atoms with Gasteiger partial charge < -0.3 is 11.1 Å². The number of hydrogen-bond donors (Lipinski definition) is 2. The van der Waals surface area contributed by atoms with Crippen LogP contribution < -0.4 is 11.1 Å². The highest BCUT2D eigenvalue weighted by molar-refractivity contribution is 5.95. The summed E-state index contributed by atoms with van der Waals surface area (Å²) >= 11 is 0. The quantitative estimate of drug-likeness (QED) is 0.800. The van der Waals surface area contributed by atoms with Gasteiger partial charge in [-0.05, 0) is 25.0 Å². The average molecular weight is 220 g/mol. The normalized spacial score (nSPS) is 12.2. The van der Waals surface area contributed by atoms with Gasteiger partial charge >= 0.3 is 0 Å². The van der Waals surface area contributed by atoms with Crippen LogP contribution in [0, 0.1) is 6.92 Å². The number of amides is 1. The zero-order chi connectivity index (χ0) is 12.0. The maximum absolute atomic E-state index is 11.7. The zero-order valence-corrected chi connectivity index (χ0v) is 9.99. The first-order valence-electron chi connectivity index (χ1n) is 5.77. The number of benzene rings is 1. The highest BCUT2D eigenvalue weighted by Crippen LogP contribution is 2.13. The lowest BCUT2D eigenvalue weighted by atomic mass is 10.1. The van der Waals surface area contributed by atoms with E-state index in [9.17, 15) is 4.79 Å². The summed E-state index contributed by atoms with van der Waals surface area (Å²) in [7, 11) is 0. The van der Waals surface area contributed by atoms with Crippen molar-refractivity contribution < 1.29 is 4.79 Å². The van der Waals surface area contributed by atoms with Crippen LogP contribution in [0.15, 0.2) is 24.3 Å². The van der Waals surface area contributed by atoms with Crippen LogP contribution in [0.1, 0.15) is 31.7 Å². The summed E-state index contributed by atoms with van der Waals surface area (Å²) in [6.07, 6.45) is 2.79. The van der Waals surface area contributed by atoms with Crippen molar-refractivity contribution in [2.45, 2.75) is 39.2 Å². The van der Waals surface area contributed by atoms with Gasteiger partial charge in [0, 0.05) is 5.69 Å². The van der Waals surface area contributed by atoms with Crippen LogP contribution in [0.5, 0.6) is 0 Å². The SMILES string of the molecule is CCCCC(N)C(=O)Nc1ccccc1C. The van der Waals surface area contributed by atoms with Gasteiger partial charge in [0.25, 0.3) is 0 Å². The van der Waals surface area contributed by atoms with E-state index in [4.69, 9.17) is 5.73 Å². The van der Waals surface area contributed by atoms with Gasteiger partial charge in [-0.2, -0.15) is 0 Å². The van der Waals surface area contributed by atoms with Crippen molar-refractivity contribution in [3.8, 4) is 0 Å². The van der Waals surface area contributed by atoms with E-state index < -0.39 is 6.04 Å². The smallest absolute Gasteiger partial charge is 0.241 e. The fraction of sp³-hybridized carbons (Fsp3) is 0.462. The predicted octanol–water partition coefficient (Wildman–Crippen LogP) is 2.45. The second-order valence-corrected chi connectivity index (χ2v) is 4.05. The Balaban J connectivity index is 2.54. The van der Waals surface area contributed by atoms with Crippen LogP contribution in [0.25, 0.3) is 0 Å². The van der Waals surface area contributed by atoms with Crippen molar-refractivity contribution in [2.24, 2.45) is 5.73 Å². The second-order valence-electron chi connectivity index (χ2n) is 4.05. The molecule has 0 fully saturated rings. The topological polar surface area (TPSA) is 55.1 Å². The molecule has 0 aromatic heterocycles. The molecule has 0 spiro atoms. The number of rotatable bonds is 5. The number of carbonyl (C=O) groups is 1. The van der Waals surface area contributed by atoms with E-state index in [1.165, 1.54) is 0 Å². The molecule has 0 saturated carbocycles. The third-order valence-electron chi connectivity index (χ3n) is 2.61. The second kappa shape index (κ2) is 6.28. The van der Waals surface area contributed by atoms with Gasteiger partial charge in [0.1, 0.15) is 0 Å². The maximum Gasteiger partial charge on any atom is 0.241 e. The number of para-hydroxylation sites is 1. The number of aryl methyl sites for hydroxylation is 1. The standard InChI is InChI=1S/C13H20N2O/c1-3-4-8-11(14)13(16)15-12-9-6-5-7-10(12)2/h5-7,9,11H,3-4,8,14H2,1-2H3,(H,15,16). The molecule has 0 bridgehead atoms. The number of nitrogens with two attached hydrogens (primary N) is 1. The third kappa shape index (κ3) is 3.66. The molecular weight excluding hydrogens is 200 g/mol.